The molecule has 1 saturated carbocycles. The topological polar surface area (TPSA) is 45.4 Å². The molecule has 4 rings (SSSR count). The number of hydrogen-bond acceptors (Lipinski definition) is 5. The Labute approximate surface area is 150 Å². The zero-order chi connectivity index (χ0) is 16.9. The van der Waals surface area contributed by atoms with Crippen LogP contribution in [0.4, 0.5) is 0 Å². The number of aromatic nitrogens is 2. The van der Waals surface area contributed by atoms with E-state index in [0.717, 1.165) is 50.9 Å². The summed E-state index contributed by atoms with van der Waals surface area (Å²) in [5.41, 5.74) is 1.24. The van der Waals surface area contributed by atoms with E-state index in [1.807, 2.05) is 18.5 Å². The second kappa shape index (κ2) is 8.11. The predicted molar refractivity (Wildman–Crippen MR) is 97.1 cm³/mol. The smallest absolute Gasteiger partial charge is 0.131 e. The quantitative estimate of drug-likeness (QED) is 0.834. The van der Waals surface area contributed by atoms with Crippen LogP contribution in [0.2, 0.25) is 0 Å². The molecule has 0 N–H and O–H groups in total. The highest BCUT2D eigenvalue weighted by molar-refractivity contribution is 5.08. The first-order chi connectivity index (χ1) is 12.4. The van der Waals surface area contributed by atoms with Crippen molar-refractivity contribution in [2.45, 2.75) is 51.1 Å². The molecule has 1 saturated heterocycles. The summed E-state index contributed by atoms with van der Waals surface area (Å²) in [7, 11) is 0. The fourth-order valence-corrected chi connectivity index (χ4v) is 4.00. The molecular weight excluding hydrogens is 312 g/mol. The van der Waals surface area contributed by atoms with Gasteiger partial charge in [-0.1, -0.05) is 19.3 Å². The van der Waals surface area contributed by atoms with E-state index in [2.05, 4.69) is 25.8 Å². The van der Waals surface area contributed by atoms with Crippen molar-refractivity contribution in [3.63, 3.8) is 0 Å². The molecule has 5 nitrogen and oxygen atoms in total. The maximum atomic E-state index is 5.45. The first kappa shape index (κ1) is 16.7. The largest absolute Gasteiger partial charge is 0.468 e. The highest BCUT2D eigenvalue weighted by Crippen LogP contribution is 2.30. The van der Waals surface area contributed by atoms with Crippen molar-refractivity contribution < 1.29 is 4.42 Å². The maximum Gasteiger partial charge on any atom is 0.131 e. The molecule has 134 valence electrons. The Balaban J connectivity index is 1.25. The van der Waals surface area contributed by atoms with Crippen molar-refractivity contribution >= 4 is 0 Å². The Hall–Kier alpha value is -1.72. The molecule has 1 aliphatic carbocycles. The molecule has 0 bridgehead atoms. The van der Waals surface area contributed by atoms with Crippen LogP contribution >= 0.6 is 0 Å². The van der Waals surface area contributed by atoms with Crippen LogP contribution < -0.4 is 0 Å². The minimum absolute atomic E-state index is 0.591. The molecule has 2 aromatic heterocycles. The molecule has 0 unspecified atom stereocenters. The first-order valence-corrected chi connectivity index (χ1v) is 9.65. The zero-order valence-electron chi connectivity index (χ0n) is 14.9. The third-order valence-electron chi connectivity index (χ3n) is 5.53. The monoisotopic (exact) mass is 340 g/mol. The third kappa shape index (κ3) is 4.47. The van der Waals surface area contributed by atoms with Crippen LogP contribution in [0.1, 0.15) is 55.2 Å². The summed E-state index contributed by atoms with van der Waals surface area (Å²) in [5, 5.41) is 0. The molecule has 25 heavy (non-hydrogen) atoms. The van der Waals surface area contributed by atoms with Crippen LogP contribution in [0.3, 0.4) is 0 Å². The number of nitrogens with zero attached hydrogens (tertiary/aromatic N) is 4. The Bertz CT molecular complexity index is 626. The van der Waals surface area contributed by atoms with Gasteiger partial charge < -0.3 is 4.42 Å². The molecule has 2 aliphatic rings. The van der Waals surface area contributed by atoms with E-state index in [4.69, 9.17) is 4.42 Å². The molecule has 0 atom stereocenters. The van der Waals surface area contributed by atoms with Gasteiger partial charge in [0.25, 0.3) is 0 Å². The number of hydrogen-bond donors (Lipinski definition) is 0. The van der Waals surface area contributed by atoms with Gasteiger partial charge in [0.15, 0.2) is 0 Å². The SMILES string of the molecule is c1coc(CN2CCN(Cc3cnc(C4CCCCC4)nc3)CC2)c1. The average molecular weight is 340 g/mol. The lowest BCUT2D eigenvalue weighted by Gasteiger charge is -2.34. The summed E-state index contributed by atoms with van der Waals surface area (Å²) in [6, 6.07) is 4.01. The van der Waals surface area contributed by atoms with Gasteiger partial charge in [-0.25, -0.2) is 9.97 Å². The molecule has 2 aromatic rings. The van der Waals surface area contributed by atoms with E-state index >= 15 is 0 Å². The average Bonchev–Trinajstić information content (AvgIpc) is 3.18. The van der Waals surface area contributed by atoms with Gasteiger partial charge in [-0.2, -0.15) is 0 Å². The van der Waals surface area contributed by atoms with Gasteiger partial charge in [0, 0.05) is 56.6 Å². The van der Waals surface area contributed by atoms with Crippen molar-refractivity contribution in [1.82, 2.24) is 19.8 Å². The molecule has 0 radical (unpaired) electrons. The fraction of sp³-hybridized carbons (Fsp3) is 0.600. The normalized spacial score (nSPS) is 20.8. The van der Waals surface area contributed by atoms with Gasteiger partial charge >= 0.3 is 0 Å². The van der Waals surface area contributed by atoms with Gasteiger partial charge in [0.2, 0.25) is 0 Å². The van der Waals surface area contributed by atoms with E-state index < -0.39 is 0 Å². The van der Waals surface area contributed by atoms with Crippen LogP contribution in [-0.4, -0.2) is 45.9 Å². The lowest BCUT2D eigenvalue weighted by Crippen LogP contribution is -2.45. The highest BCUT2D eigenvalue weighted by atomic mass is 16.3. The van der Waals surface area contributed by atoms with Gasteiger partial charge in [0.05, 0.1) is 12.8 Å². The van der Waals surface area contributed by atoms with Gasteiger partial charge in [-0.15, -0.1) is 0 Å². The van der Waals surface area contributed by atoms with Crippen molar-refractivity contribution in [3.8, 4) is 0 Å². The highest BCUT2D eigenvalue weighted by Gasteiger charge is 2.20. The van der Waals surface area contributed by atoms with Gasteiger partial charge in [0.1, 0.15) is 11.6 Å². The molecule has 0 spiro atoms. The molecule has 3 heterocycles. The fourth-order valence-electron chi connectivity index (χ4n) is 4.00. The van der Waals surface area contributed by atoms with E-state index in [1.165, 1.54) is 37.7 Å². The van der Waals surface area contributed by atoms with Crippen molar-refractivity contribution in [1.29, 1.82) is 0 Å². The molecular formula is C20H28N4O. The Morgan fingerprint density at radius 1 is 0.920 bits per heavy atom. The first-order valence-electron chi connectivity index (χ1n) is 9.65. The van der Waals surface area contributed by atoms with Crippen molar-refractivity contribution in [2.75, 3.05) is 26.2 Å². The molecule has 0 amide bonds. The minimum Gasteiger partial charge on any atom is -0.468 e. The van der Waals surface area contributed by atoms with E-state index in [9.17, 15) is 0 Å². The summed E-state index contributed by atoms with van der Waals surface area (Å²) in [6.45, 7) is 6.22. The van der Waals surface area contributed by atoms with E-state index in [1.54, 1.807) is 6.26 Å². The molecule has 1 aliphatic heterocycles. The summed E-state index contributed by atoms with van der Waals surface area (Å²) >= 11 is 0. The molecule has 0 aromatic carbocycles. The summed E-state index contributed by atoms with van der Waals surface area (Å²) in [5.74, 6) is 2.71. The van der Waals surface area contributed by atoms with Crippen molar-refractivity contribution in [3.05, 3.63) is 47.9 Å². The second-order valence-electron chi connectivity index (χ2n) is 7.42. The van der Waals surface area contributed by atoms with Gasteiger partial charge in [-0.3, -0.25) is 9.80 Å². The lowest BCUT2D eigenvalue weighted by molar-refractivity contribution is 0.116. The molecule has 2 fully saturated rings. The summed E-state index contributed by atoms with van der Waals surface area (Å²) in [6.07, 6.45) is 12.4. The van der Waals surface area contributed by atoms with E-state index in [-0.39, 0.29) is 0 Å². The van der Waals surface area contributed by atoms with Crippen LogP contribution in [0.15, 0.2) is 35.2 Å². The van der Waals surface area contributed by atoms with Crippen LogP contribution in [0.5, 0.6) is 0 Å². The minimum atomic E-state index is 0.591. The standard InChI is InChI=1S/C20H28N4O/c1-2-5-18(6-3-1)20-21-13-17(14-22-20)15-23-8-10-24(11-9-23)16-19-7-4-12-25-19/h4,7,12-14,18H,1-3,5-6,8-11,15-16H2. The molecule has 5 heteroatoms. The van der Waals surface area contributed by atoms with Crippen LogP contribution in [0.25, 0.3) is 0 Å². The maximum absolute atomic E-state index is 5.45. The van der Waals surface area contributed by atoms with Crippen LogP contribution in [-0.2, 0) is 13.1 Å². The predicted octanol–water partition coefficient (Wildman–Crippen LogP) is 3.44. The summed E-state index contributed by atoms with van der Waals surface area (Å²) < 4.78 is 5.45. The van der Waals surface area contributed by atoms with E-state index in [0.29, 0.717) is 5.92 Å². The third-order valence-corrected chi connectivity index (χ3v) is 5.53. The Morgan fingerprint density at radius 2 is 1.60 bits per heavy atom. The van der Waals surface area contributed by atoms with Crippen LogP contribution in [0, 0.1) is 0 Å². The lowest BCUT2D eigenvalue weighted by atomic mass is 9.89. The second-order valence-corrected chi connectivity index (χ2v) is 7.42. The van der Waals surface area contributed by atoms with Crippen molar-refractivity contribution in [2.24, 2.45) is 0 Å². The Morgan fingerprint density at radius 3 is 2.24 bits per heavy atom. The number of furan rings is 1. The van der Waals surface area contributed by atoms with Gasteiger partial charge in [-0.05, 0) is 25.0 Å². The summed E-state index contributed by atoms with van der Waals surface area (Å²) in [4.78, 5) is 14.3. The zero-order valence-corrected chi connectivity index (χ0v) is 14.9. The Kier molecular flexibility index (Phi) is 5.43. The number of rotatable bonds is 5. The number of piperazine rings is 1.